The van der Waals surface area contributed by atoms with E-state index < -0.39 is 12.2 Å². The summed E-state index contributed by atoms with van der Waals surface area (Å²) >= 11 is 0. The molecule has 4 nitrogen and oxygen atoms in total. The van der Waals surface area contributed by atoms with E-state index in [1.807, 2.05) is 45.9 Å². The molecule has 1 aliphatic rings. The maximum absolute atomic E-state index is 14.9. The SMILES string of the molecule is COc1c(C)cc(-c2cc3c(cc2F)C(OC(N)=O)C(C)(C)C3)cc1C. The van der Waals surface area contributed by atoms with E-state index in [-0.39, 0.29) is 11.2 Å². The van der Waals surface area contributed by atoms with Gasteiger partial charge in [-0.15, -0.1) is 0 Å². The number of amides is 1. The van der Waals surface area contributed by atoms with Gasteiger partial charge in [0.1, 0.15) is 17.7 Å². The Labute approximate surface area is 153 Å². The molecule has 0 heterocycles. The highest BCUT2D eigenvalue weighted by Gasteiger charge is 2.42. The number of nitrogens with two attached hydrogens (primary N) is 1. The molecule has 5 heteroatoms. The molecule has 1 atom stereocenters. The molecule has 2 N–H and O–H groups in total. The first kappa shape index (κ1) is 18.2. The molecule has 0 bridgehead atoms. The minimum absolute atomic E-state index is 0.339. The van der Waals surface area contributed by atoms with Crippen LogP contribution in [0.3, 0.4) is 0 Å². The molecule has 0 radical (unpaired) electrons. The van der Waals surface area contributed by atoms with E-state index in [9.17, 15) is 9.18 Å². The van der Waals surface area contributed by atoms with Crippen LogP contribution in [0.25, 0.3) is 11.1 Å². The van der Waals surface area contributed by atoms with Gasteiger partial charge in [0.2, 0.25) is 0 Å². The van der Waals surface area contributed by atoms with Crippen LogP contribution in [0.2, 0.25) is 0 Å². The van der Waals surface area contributed by atoms with Crippen molar-refractivity contribution in [1.29, 1.82) is 0 Å². The van der Waals surface area contributed by atoms with Crippen LogP contribution >= 0.6 is 0 Å². The number of methoxy groups -OCH3 is 1. The Balaban J connectivity index is 2.10. The second-order valence-corrected chi connectivity index (χ2v) is 7.66. The Morgan fingerprint density at radius 1 is 1.19 bits per heavy atom. The summed E-state index contributed by atoms with van der Waals surface area (Å²) in [6.07, 6.45) is -0.707. The van der Waals surface area contributed by atoms with Crippen LogP contribution in [0.5, 0.6) is 5.75 Å². The van der Waals surface area contributed by atoms with E-state index in [1.54, 1.807) is 7.11 Å². The summed E-state index contributed by atoms with van der Waals surface area (Å²) in [6.45, 7) is 7.86. The number of ether oxygens (including phenoxy) is 2. The van der Waals surface area contributed by atoms with Gasteiger partial charge in [0.25, 0.3) is 0 Å². The van der Waals surface area contributed by atoms with E-state index in [2.05, 4.69) is 0 Å². The fourth-order valence-corrected chi connectivity index (χ4v) is 4.02. The Morgan fingerprint density at radius 2 is 1.81 bits per heavy atom. The number of benzene rings is 2. The van der Waals surface area contributed by atoms with Crippen molar-refractivity contribution in [2.45, 2.75) is 40.2 Å². The van der Waals surface area contributed by atoms with Crippen molar-refractivity contribution in [1.82, 2.24) is 0 Å². The molecule has 0 spiro atoms. The number of hydrogen-bond acceptors (Lipinski definition) is 3. The van der Waals surface area contributed by atoms with Gasteiger partial charge in [-0.1, -0.05) is 13.8 Å². The summed E-state index contributed by atoms with van der Waals surface area (Å²) in [5.74, 6) is 0.467. The zero-order chi connectivity index (χ0) is 19.2. The number of rotatable bonds is 3. The van der Waals surface area contributed by atoms with Crippen molar-refractivity contribution in [3.05, 3.63) is 52.3 Å². The highest BCUT2D eigenvalue weighted by atomic mass is 19.1. The first-order valence-electron chi connectivity index (χ1n) is 8.58. The maximum Gasteiger partial charge on any atom is 0.405 e. The van der Waals surface area contributed by atoms with Crippen molar-refractivity contribution in [2.75, 3.05) is 7.11 Å². The molecule has 138 valence electrons. The van der Waals surface area contributed by atoms with Gasteiger partial charge >= 0.3 is 6.09 Å². The molecular weight excluding hydrogens is 333 g/mol. The lowest BCUT2D eigenvalue weighted by Crippen LogP contribution is -2.25. The Hall–Kier alpha value is -2.56. The third kappa shape index (κ3) is 3.02. The Bertz CT molecular complexity index is 866. The molecule has 0 saturated carbocycles. The van der Waals surface area contributed by atoms with Crippen LogP contribution in [-0.2, 0) is 11.2 Å². The van der Waals surface area contributed by atoms with E-state index in [1.165, 1.54) is 6.07 Å². The Morgan fingerprint density at radius 3 is 2.35 bits per heavy atom. The molecule has 0 saturated heterocycles. The van der Waals surface area contributed by atoms with E-state index in [0.717, 1.165) is 28.0 Å². The van der Waals surface area contributed by atoms with Crippen LogP contribution in [0.15, 0.2) is 24.3 Å². The molecule has 0 aliphatic heterocycles. The van der Waals surface area contributed by atoms with Crippen LogP contribution in [0.1, 0.15) is 42.2 Å². The lowest BCUT2D eigenvalue weighted by molar-refractivity contribution is 0.0391. The second kappa shape index (κ2) is 6.31. The van der Waals surface area contributed by atoms with E-state index in [0.29, 0.717) is 17.5 Å². The second-order valence-electron chi connectivity index (χ2n) is 7.66. The van der Waals surface area contributed by atoms with Gasteiger partial charge in [0, 0.05) is 11.0 Å². The molecule has 26 heavy (non-hydrogen) atoms. The summed E-state index contributed by atoms with van der Waals surface area (Å²) in [6, 6.07) is 7.18. The normalized spacial score (nSPS) is 17.7. The van der Waals surface area contributed by atoms with Gasteiger partial charge in [0.05, 0.1) is 7.11 Å². The van der Waals surface area contributed by atoms with Crippen molar-refractivity contribution in [2.24, 2.45) is 11.1 Å². The highest BCUT2D eigenvalue weighted by molar-refractivity contribution is 5.70. The van der Waals surface area contributed by atoms with Crippen LogP contribution in [-0.4, -0.2) is 13.2 Å². The number of aryl methyl sites for hydroxylation is 2. The minimum Gasteiger partial charge on any atom is -0.496 e. The van der Waals surface area contributed by atoms with Gasteiger partial charge in [0.15, 0.2) is 0 Å². The summed E-state index contributed by atoms with van der Waals surface area (Å²) in [7, 11) is 1.63. The fraction of sp³-hybridized carbons (Fsp3) is 0.381. The Kier molecular flexibility index (Phi) is 4.42. The molecule has 1 aliphatic carbocycles. The highest BCUT2D eigenvalue weighted by Crippen LogP contribution is 2.49. The molecular formula is C21H24FNO3. The fourth-order valence-electron chi connectivity index (χ4n) is 4.02. The lowest BCUT2D eigenvalue weighted by Gasteiger charge is -2.26. The zero-order valence-electron chi connectivity index (χ0n) is 15.8. The van der Waals surface area contributed by atoms with Crippen LogP contribution in [0, 0.1) is 25.1 Å². The zero-order valence-corrected chi connectivity index (χ0v) is 15.8. The predicted molar refractivity (Wildman–Crippen MR) is 98.8 cm³/mol. The molecule has 2 aromatic rings. The number of fused-ring (bicyclic) bond motifs is 1. The molecule has 1 amide bonds. The third-order valence-corrected chi connectivity index (χ3v) is 5.08. The van der Waals surface area contributed by atoms with Crippen molar-refractivity contribution in [3.63, 3.8) is 0 Å². The monoisotopic (exact) mass is 357 g/mol. The van der Waals surface area contributed by atoms with Crippen LogP contribution < -0.4 is 10.5 Å². The number of primary amides is 1. The first-order valence-corrected chi connectivity index (χ1v) is 8.58. The first-order chi connectivity index (χ1) is 12.1. The minimum atomic E-state index is -0.846. The average molecular weight is 357 g/mol. The molecule has 1 unspecified atom stereocenters. The largest absolute Gasteiger partial charge is 0.496 e. The topological polar surface area (TPSA) is 61.6 Å². The number of halogens is 1. The van der Waals surface area contributed by atoms with E-state index >= 15 is 0 Å². The van der Waals surface area contributed by atoms with Gasteiger partial charge < -0.3 is 15.2 Å². The summed E-state index contributed by atoms with van der Waals surface area (Å²) in [5, 5.41) is 0. The summed E-state index contributed by atoms with van der Waals surface area (Å²) < 4.78 is 25.6. The molecule has 3 rings (SSSR count). The summed E-state index contributed by atoms with van der Waals surface area (Å²) in [5.41, 5.74) is 9.78. The van der Waals surface area contributed by atoms with Crippen molar-refractivity contribution >= 4 is 6.09 Å². The third-order valence-electron chi connectivity index (χ3n) is 5.08. The van der Waals surface area contributed by atoms with Gasteiger partial charge in [-0.05, 0) is 72.4 Å². The molecule has 0 aromatic heterocycles. The maximum atomic E-state index is 14.9. The van der Waals surface area contributed by atoms with Gasteiger partial charge in [-0.25, -0.2) is 9.18 Å². The van der Waals surface area contributed by atoms with E-state index in [4.69, 9.17) is 15.2 Å². The lowest BCUT2D eigenvalue weighted by atomic mass is 9.87. The number of carbonyl (C=O) groups excluding carboxylic acids is 1. The molecule has 2 aromatic carbocycles. The number of hydrogen-bond donors (Lipinski definition) is 1. The average Bonchev–Trinajstić information content (AvgIpc) is 2.76. The van der Waals surface area contributed by atoms with Crippen LogP contribution in [0.4, 0.5) is 9.18 Å². The smallest absolute Gasteiger partial charge is 0.405 e. The quantitative estimate of drug-likeness (QED) is 0.855. The van der Waals surface area contributed by atoms with Gasteiger partial charge in [-0.3, -0.25) is 0 Å². The molecule has 0 fully saturated rings. The van der Waals surface area contributed by atoms with Crippen molar-refractivity contribution < 1.29 is 18.7 Å². The van der Waals surface area contributed by atoms with Crippen molar-refractivity contribution in [3.8, 4) is 16.9 Å². The van der Waals surface area contributed by atoms with Gasteiger partial charge in [-0.2, -0.15) is 0 Å². The number of carbonyl (C=O) groups is 1. The standard InChI is InChI=1S/C21H24FNO3/c1-11-6-13(7-12(2)18(11)25-5)15-8-14-10-21(3,4)19(26-20(23)24)16(14)9-17(15)22/h6-9,19H,10H2,1-5H3,(H2,23,24). The summed E-state index contributed by atoms with van der Waals surface area (Å²) in [4.78, 5) is 11.3. The predicted octanol–water partition coefficient (Wildman–Crippen LogP) is 4.84.